The molecule has 0 bridgehead atoms. The van der Waals surface area contributed by atoms with Gasteiger partial charge in [0.2, 0.25) is 0 Å². The van der Waals surface area contributed by atoms with Gasteiger partial charge in [0.15, 0.2) is 0 Å². The van der Waals surface area contributed by atoms with E-state index in [-0.39, 0.29) is 0 Å². The molecule has 96 valence electrons. The second kappa shape index (κ2) is 6.61. The third-order valence-corrected chi connectivity index (χ3v) is 4.24. The number of hydrogen-bond donors (Lipinski definition) is 1. The zero-order valence-corrected chi connectivity index (χ0v) is 11.8. The molecule has 0 heterocycles. The highest BCUT2D eigenvalue weighted by atomic mass is 15.1. The molecule has 0 amide bonds. The Hall–Kier alpha value is -0.0800. The molecule has 0 aromatic rings. The number of nitrogens with zero attached hydrogens (tertiary/aromatic N) is 1. The number of likely N-dealkylation sites (N-methyl/N-ethyl adjacent to an activating group) is 2. The first kappa shape index (κ1) is 14.0. The molecule has 0 aliphatic heterocycles. The summed E-state index contributed by atoms with van der Waals surface area (Å²) in [6.45, 7) is 9.33. The molecule has 0 spiro atoms. The van der Waals surface area contributed by atoms with Crippen molar-refractivity contribution in [3.63, 3.8) is 0 Å². The van der Waals surface area contributed by atoms with Crippen LogP contribution in [0.4, 0.5) is 0 Å². The smallest absolute Gasteiger partial charge is 0.0222 e. The Bertz CT molecular complexity index is 191. The molecule has 16 heavy (non-hydrogen) atoms. The summed E-state index contributed by atoms with van der Waals surface area (Å²) in [4.78, 5) is 2.32. The zero-order chi connectivity index (χ0) is 12.1. The lowest BCUT2D eigenvalue weighted by Gasteiger charge is -2.38. The minimum atomic E-state index is 0.690. The van der Waals surface area contributed by atoms with Crippen LogP contribution < -0.4 is 5.32 Å². The molecular weight excluding hydrogens is 196 g/mol. The van der Waals surface area contributed by atoms with Crippen LogP contribution in [0.2, 0.25) is 0 Å². The fourth-order valence-electron chi connectivity index (χ4n) is 2.99. The fourth-order valence-corrected chi connectivity index (χ4v) is 2.99. The topological polar surface area (TPSA) is 15.3 Å². The molecule has 0 saturated heterocycles. The Labute approximate surface area is 102 Å². The monoisotopic (exact) mass is 226 g/mol. The fraction of sp³-hybridized carbons (Fsp3) is 1.00. The van der Waals surface area contributed by atoms with E-state index in [0.29, 0.717) is 6.04 Å². The summed E-state index contributed by atoms with van der Waals surface area (Å²) >= 11 is 0. The van der Waals surface area contributed by atoms with Crippen molar-refractivity contribution >= 4 is 0 Å². The molecule has 4 unspecified atom stereocenters. The Morgan fingerprint density at radius 1 is 1.19 bits per heavy atom. The predicted molar refractivity (Wildman–Crippen MR) is 71.7 cm³/mol. The predicted octanol–water partition coefficient (Wildman–Crippen LogP) is 2.60. The van der Waals surface area contributed by atoms with Gasteiger partial charge in [-0.1, -0.05) is 27.2 Å². The van der Waals surface area contributed by atoms with Crippen molar-refractivity contribution in [3.8, 4) is 0 Å². The molecule has 1 aliphatic rings. The van der Waals surface area contributed by atoms with Gasteiger partial charge in [-0.15, -0.1) is 0 Å². The van der Waals surface area contributed by atoms with Gasteiger partial charge >= 0.3 is 0 Å². The van der Waals surface area contributed by atoms with E-state index in [1.54, 1.807) is 0 Å². The van der Waals surface area contributed by atoms with E-state index in [2.05, 4.69) is 45.1 Å². The first-order valence-electron chi connectivity index (χ1n) is 6.92. The average Bonchev–Trinajstić information content (AvgIpc) is 2.21. The third kappa shape index (κ3) is 4.06. The van der Waals surface area contributed by atoms with E-state index in [1.807, 2.05) is 0 Å². The summed E-state index contributed by atoms with van der Waals surface area (Å²) in [7, 11) is 4.36. The standard InChI is InChI=1S/C14H30N2/c1-6-15-14(10-16(4)5)13-8-7-11(2)12(3)9-13/h11-15H,6-10H2,1-5H3. The zero-order valence-electron chi connectivity index (χ0n) is 11.8. The van der Waals surface area contributed by atoms with Crippen molar-refractivity contribution in [1.29, 1.82) is 0 Å². The summed E-state index contributed by atoms with van der Waals surface area (Å²) in [5.41, 5.74) is 0. The minimum Gasteiger partial charge on any atom is -0.313 e. The first-order chi connectivity index (χ1) is 7.54. The molecule has 0 radical (unpaired) electrons. The minimum absolute atomic E-state index is 0.690. The molecule has 0 aromatic heterocycles. The van der Waals surface area contributed by atoms with Crippen molar-refractivity contribution in [2.45, 2.75) is 46.1 Å². The molecule has 2 nitrogen and oxygen atoms in total. The first-order valence-corrected chi connectivity index (χ1v) is 6.92. The Balaban J connectivity index is 2.50. The van der Waals surface area contributed by atoms with Crippen LogP contribution in [0.5, 0.6) is 0 Å². The van der Waals surface area contributed by atoms with Gasteiger partial charge in [0.25, 0.3) is 0 Å². The van der Waals surface area contributed by atoms with Gasteiger partial charge in [-0.25, -0.2) is 0 Å². The van der Waals surface area contributed by atoms with Crippen LogP contribution >= 0.6 is 0 Å². The normalized spacial score (nSPS) is 33.0. The molecular formula is C14H30N2. The van der Waals surface area contributed by atoms with Crippen LogP contribution in [0.3, 0.4) is 0 Å². The van der Waals surface area contributed by atoms with Crippen molar-refractivity contribution in [3.05, 3.63) is 0 Å². The Morgan fingerprint density at radius 2 is 1.88 bits per heavy atom. The highest BCUT2D eigenvalue weighted by molar-refractivity contribution is 4.84. The summed E-state index contributed by atoms with van der Waals surface area (Å²) in [5.74, 6) is 2.72. The molecule has 1 aliphatic carbocycles. The Morgan fingerprint density at radius 3 is 2.38 bits per heavy atom. The highest BCUT2D eigenvalue weighted by Gasteiger charge is 2.29. The van der Waals surface area contributed by atoms with Crippen LogP contribution in [0.15, 0.2) is 0 Å². The highest BCUT2D eigenvalue weighted by Crippen LogP contribution is 2.35. The van der Waals surface area contributed by atoms with Crippen molar-refractivity contribution in [2.75, 3.05) is 27.2 Å². The van der Waals surface area contributed by atoms with E-state index in [9.17, 15) is 0 Å². The van der Waals surface area contributed by atoms with Crippen LogP contribution in [0, 0.1) is 17.8 Å². The van der Waals surface area contributed by atoms with Gasteiger partial charge in [0.1, 0.15) is 0 Å². The molecule has 1 rings (SSSR count). The SMILES string of the molecule is CCNC(CN(C)C)C1CCC(C)C(C)C1. The third-order valence-electron chi connectivity index (χ3n) is 4.24. The number of rotatable bonds is 5. The molecule has 1 N–H and O–H groups in total. The van der Waals surface area contributed by atoms with E-state index >= 15 is 0 Å². The summed E-state index contributed by atoms with van der Waals surface area (Å²) < 4.78 is 0. The Kier molecular flexibility index (Phi) is 5.77. The van der Waals surface area contributed by atoms with Gasteiger partial charge in [-0.05, 0) is 51.2 Å². The lowest BCUT2D eigenvalue weighted by Crippen LogP contribution is -2.45. The number of nitrogens with one attached hydrogen (secondary N) is 1. The average molecular weight is 226 g/mol. The van der Waals surface area contributed by atoms with E-state index in [0.717, 1.165) is 24.3 Å². The van der Waals surface area contributed by atoms with Crippen LogP contribution in [0.25, 0.3) is 0 Å². The van der Waals surface area contributed by atoms with Gasteiger partial charge in [0, 0.05) is 12.6 Å². The maximum atomic E-state index is 3.68. The van der Waals surface area contributed by atoms with Crippen LogP contribution in [-0.2, 0) is 0 Å². The van der Waals surface area contributed by atoms with Gasteiger partial charge in [-0.3, -0.25) is 0 Å². The van der Waals surface area contributed by atoms with Gasteiger partial charge in [0.05, 0.1) is 0 Å². The van der Waals surface area contributed by atoms with Crippen molar-refractivity contribution in [2.24, 2.45) is 17.8 Å². The van der Waals surface area contributed by atoms with E-state index < -0.39 is 0 Å². The van der Waals surface area contributed by atoms with Crippen LogP contribution in [-0.4, -0.2) is 38.1 Å². The summed E-state index contributed by atoms with van der Waals surface area (Å²) in [6, 6.07) is 0.690. The second-order valence-corrected chi connectivity index (χ2v) is 5.95. The second-order valence-electron chi connectivity index (χ2n) is 5.95. The van der Waals surface area contributed by atoms with Crippen molar-refractivity contribution in [1.82, 2.24) is 10.2 Å². The van der Waals surface area contributed by atoms with Crippen LogP contribution in [0.1, 0.15) is 40.0 Å². The maximum absolute atomic E-state index is 3.68. The molecule has 1 saturated carbocycles. The molecule has 1 fully saturated rings. The van der Waals surface area contributed by atoms with Crippen molar-refractivity contribution < 1.29 is 0 Å². The largest absolute Gasteiger partial charge is 0.313 e. The lowest BCUT2D eigenvalue weighted by molar-refractivity contribution is 0.154. The number of hydrogen-bond acceptors (Lipinski definition) is 2. The summed E-state index contributed by atoms with van der Waals surface area (Å²) in [5, 5.41) is 3.68. The lowest BCUT2D eigenvalue weighted by atomic mass is 9.73. The van der Waals surface area contributed by atoms with E-state index in [1.165, 1.54) is 25.8 Å². The quantitative estimate of drug-likeness (QED) is 0.775. The van der Waals surface area contributed by atoms with E-state index in [4.69, 9.17) is 0 Å². The van der Waals surface area contributed by atoms with Gasteiger partial charge < -0.3 is 10.2 Å². The molecule has 0 aromatic carbocycles. The summed E-state index contributed by atoms with van der Waals surface area (Å²) in [6.07, 6.45) is 4.24. The maximum Gasteiger partial charge on any atom is 0.0222 e. The molecule has 4 atom stereocenters. The van der Waals surface area contributed by atoms with Gasteiger partial charge in [-0.2, -0.15) is 0 Å². The molecule has 2 heteroatoms.